The second kappa shape index (κ2) is 8.53. The number of hydrogen-bond donors (Lipinski definition) is 3. The summed E-state index contributed by atoms with van der Waals surface area (Å²) in [4.78, 5) is 8.80. The van der Waals surface area contributed by atoms with E-state index in [1.165, 1.54) is 0 Å². The molecule has 0 fully saturated rings. The average Bonchev–Trinajstić information content (AvgIpc) is 2.70. The van der Waals surface area contributed by atoms with E-state index in [9.17, 15) is 0 Å². The summed E-state index contributed by atoms with van der Waals surface area (Å²) in [6.07, 6.45) is 1.69. The molecule has 0 saturated carbocycles. The van der Waals surface area contributed by atoms with Crippen molar-refractivity contribution in [3.8, 4) is 6.07 Å². The summed E-state index contributed by atoms with van der Waals surface area (Å²) >= 11 is 0. The van der Waals surface area contributed by atoms with E-state index >= 15 is 0 Å². The number of nitrogens with one attached hydrogen (secondary N) is 3. The fourth-order valence-corrected chi connectivity index (χ4v) is 3.02. The van der Waals surface area contributed by atoms with Gasteiger partial charge in [0.05, 0.1) is 11.6 Å². The van der Waals surface area contributed by atoms with Crippen LogP contribution in [0.1, 0.15) is 36.1 Å². The van der Waals surface area contributed by atoms with Gasteiger partial charge in [-0.2, -0.15) is 10.2 Å². The van der Waals surface area contributed by atoms with Crippen LogP contribution in [0.4, 0.5) is 23.1 Å². The number of hydrogen-bond acceptors (Lipinski definition) is 6. The lowest BCUT2D eigenvalue weighted by atomic mass is 9.95. The Kier molecular flexibility index (Phi) is 5.89. The Morgan fingerprint density at radius 2 is 1.69 bits per heavy atom. The van der Waals surface area contributed by atoms with Gasteiger partial charge < -0.3 is 16.0 Å². The number of benzene rings is 2. The van der Waals surface area contributed by atoms with E-state index in [2.05, 4.69) is 26.7 Å². The zero-order chi connectivity index (χ0) is 21.0. The number of anilines is 4. The van der Waals surface area contributed by atoms with Crippen LogP contribution >= 0.6 is 0 Å². The molecule has 1 aromatic heterocycles. The van der Waals surface area contributed by atoms with Gasteiger partial charge in [-0.15, -0.1) is 0 Å². The van der Waals surface area contributed by atoms with E-state index in [1.54, 1.807) is 18.3 Å². The molecule has 3 N–H and O–H groups in total. The first-order valence-electron chi connectivity index (χ1n) is 9.44. The predicted octanol–water partition coefficient (Wildman–Crippen LogP) is 5.48. The van der Waals surface area contributed by atoms with E-state index in [4.69, 9.17) is 10.7 Å². The summed E-state index contributed by atoms with van der Waals surface area (Å²) in [6.45, 7) is 8.12. The maximum Gasteiger partial charge on any atom is 0.229 e. The molecule has 2 aromatic carbocycles. The Morgan fingerprint density at radius 3 is 2.28 bits per heavy atom. The minimum Gasteiger partial charge on any atom is -0.340 e. The standard InChI is InChI=1S/C23H24N6/c1-14(2)21(25)18-11-15(3)22(16(4)12-18)28-20-9-10-26-23(29-20)27-19-7-5-17(13-24)6-8-19/h5-12,14,25H,1-4H3,(H2,26,27,28,29). The normalized spacial score (nSPS) is 10.5. The Labute approximate surface area is 171 Å². The van der Waals surface area contributed by atoms with Crippen LogP contribution in [-0.4, -0.2) is 15.7 Å². The molecule has 0 aliphatic carbocycles. The Balaban J connectivity index is 1.81. The lowest BCUT2D eigenvalue weighted by molar-refractivity contribution is 0.877. The Hall–Kier alpha value is -3.72. The summed E-state index contributed by atoms with van der Waals surface area (Å²) in [5.74, 6) is 1.33. The average molecular weight is 384 g/mol. The lowest BCUT2D eigenvalue weighted by Gasteiger charge is -2.16. The highest BCUT2D eigenvalue weighted by molar-refractivity contribution is 6.00. The maximum absolute atomic E-state index is 8.90. The van der Waals surface area contributed by atoms with Crippen molar-refractivity contribution in [3.05, 3.63) is 70.9 Å². The molecule has 0 saturated heterocycles. The third-order valence-corrected chi connectivity index (χ3v) is 4.60. The van der Waals surface area contributed by atoms with Gasteiger partial charge in [-0.05, 0) is 78.9 Å². The molecule has 146 valence electrons. The number of nitrogens with zero attached hydrogens (tertiary/aromatic N) is 3. The summed E-state index contributed by atoms with van der Waals surface area (Å²) in [5, 5.41) is 23.7. The van der Waals surface area contributed by atoms with Crippen LogP contribution in [0.25, 0.3) is 0 Å². The molecular formula is C23H24N6. The molecule has 0 bridgehead atoms. The third kappa shape index (κ3) is 4.77. The number of aryl methyl sites for hydroxylation is 2. The quantitative estimate of drug-likeness (QED) is 0.489. The highest BCUT2D eigenvalue weighted by atomic mass is 15.1. The second-order valence-electron chi connectivity index (χ2n) is 7.26. The van der Waals surface area contributed by atoms with E-state index in [0.717, 1.165) is 28.1 Å². The Bertz CT molecular complexity index is 1050. The van der Waals surface area contributed by atoms with Crippen LogP contribution in [0.15, 0.2) is 48.7 Å². The predicted molar refractivity (Wildman–Crippen MR) is 117 cm³/mol. The second-order valence-corrected chi connectivity index (χ2v) is 7.26. The molecule has 0 aliphatic heterocycles. The van der Waals surface area contributed by atoms with Gasteiger partial charge >= 0.3 is 0 Å². The molecule has 0 atom stereocenters. The molecule has 6 heteroatoms. The maximum atomic E-state index is 8.90. The molecular weight excluding hydrogens is 360 g/mol. The van der Waals surface area contributed by atoms with Crippen molar-refractivity contribution in [1.29, 1.82) is 10.7 Å². The molecule has 1 heterocycles. The van der Waals surface area contributed by atoms with Crippen LogP contribution in [0.5, 0.6) is 0 Å². The minimum atomic E-state index is 0.185. The Morgan fingerprint density at radius 1 is 1.03 bits per heavy atom. The van der Waals surface area contributed by atoms with Gasteiger partial charge in [-0.3, -0.25) is 0 Å². The van der Waals surface area contributed by atoms with Gasteiger partial charge in [0.25, 0.3) is 0 Å². The van der Waals surface area contributed by atoms with Crippen molar-refractivity contribution >= 4 is 28.9 Å². The molecule has 0 radical (unpaired) electrons. The number of nitriles is 1. The molecule has 29 heavy (non-hydrogen) atoms. The monoisotopic (exact) mass is 384 g/mol. The number of aromatic nitrogens is 2. The molecule has 3 rings (SSSR count). The summed E-state index contributed by atoms with van der Waals surface area (Å²) in [7, 11) is 0. The minimum absolute atomic E-state index is 0.185. The van der Waals surface area contributed by atoms with Crippen LogP contribution in [-0.2, 0) is 0 Å². The zero-order valence-corrected chi connectivity index (χ0v) is 17.0. The van der Waals surface area contributed by atoms with Crippen LogP contribution in [0.2, 0.25) is 0 Å². The van der Waals surface area contributed by atoms with Crippen molar-refractivity contribution in [1.82, 2.24) is 9.97 Å². The highest BCUT2D eigenvalue weighted by Crippen LogP contribution is 2.27. The molecule has 0 amide bonds. The van der Waals surface area contributed by atoms with Crippen molar-refractivity contribution in [2.24, 2.45) is 5.92 Å². The summed E-state index contributed by atoms with van der Waals surface area (Å²) < 4.78 is 0. The van der Waals surface area contributed by atoms with Crippen LogP contribution in [0, 0.1) is 36.5 Å². The number of rotatable bonds is 6. The van der Waals surface area contributed by atoms with E-state index in [0.29, 0.717) is 23.0 Å². The molecule has 3 aromatic rings. The highest BCUT2D eigenvalue weighted by Gasteiger charge is 2.12. The van der Waals surface area contributed by atoms with Crippen molar-refractivity contribution < 1.29 is 0 Å². The van der Waals surface area contributed by atoms with Gasteiger partial charge in [0, 0.05) is 23.3 Å². The smallest absolute Gasteiger partial charge is 0.229 e. The SMILES string of the molecule is Cc1cc(C(=N)C(C)C)cc(C)c1Nc1ccnc(Nc2ccc(C#N)cc2)n1. The summed E-state index contributed by atoms with van der Waals surface area (Å²) in [6, 6.07) is 15.1. The first kappa shape index (κ1) is 20.0. The van der Waals surface area contributed by atoms with Crippen molar-refractivity contribution in [2.75, 3.05) is 10.6 Å². The zero-order valence-electron chi connectivity index (χ0n) is 17.0. The van der Waals surface area contributed by atoms with Crippen molar-refractivity contribution in [2.45, 2.75) is 27.7 Å². The van der Waals surface area contributed by atoms with E-state index < -0.39 is 0 Å². The van der Waals surface area contributed by atoms with Crippen LogP contribution < -0.4 is 10.6 Å². The first-order valence-corrected chi connectivity index (χ1v) is 9.44. The van der Waals surface area contributed by atoms with E-state index in [1.807, 2.05) is 58.0 Å². The topological polar surface area (TPSA) is 97.5 Å². The van der Waals surface area contributed by atoms with Gasteiger partial charge in [0.2, 0.25) is 5.95 Å². The summed E-state index contributed by atoms with van der Waals surface area (Å²) in [5.41, 5.74) is 6.10. The lowest BCUT2D eigenvalue weighted by Crippen LogP contribution is -2.09. The molecule has 6 nitrogen and oxygen atoms in total. The third-order valence-electron chi connectivity index (χ3n) is 4.60. The van der Waals surface area contributed by atoms with Crippen molar-refractivity contribution in [3.63, 3.8) is 0 Å². The van der Waals surface area contributed by atoms with Gasteiger partial charge in [-0.1, -0.05) is 13.8 Å². The largest absolute Gasteiger partial charge is 0.340 e. The van der Waals surface area contributed by atoms with Gasteiger partial charge in [0.1, 0.15) is 5.82 Å². The van der Waals surface area contributed by atoms with Crippen LogP contribution in [0.3, 0.4) is 0 Å². The molecule has 0 aliphatic rings. The molecule has 0 unspecified atom stereocenters. The van der Waals surface area contributed by atoms with E-state index in [-0.39, 0.29) is 5.92 Å². The van der Waals surface area contributed by atoms with Gasteiger partial charge in [0.15, 0.2) is 0 Å². The molecule has 0 spiro atoms. The fourth-order valence-electron chi connectivity index (χ4n) is 3.02. The first-order chi connectivity index (χ1) is 13.9. The van der Waals surface area contributed by atoms with Gasteiger partial charge in [-0.25, -0.2) is 4.98 Å². The fraction of sp³-hybridized carbons (Fsp3) is 0.217.